The minimum Gasteiger partial charge on any atom is -0.303 e. The van der Waals surface area contributed by atoms with E-state index >= 15 is 0 Å². The van der Waals surface area contributed by atoms with E-state index in [1.165, 1.54) is 0 Å². The quantitative estimate of drug-likeness (QED) is 0.670. The number of nitrogens with zero attached hydrogens (tertiary/aromatic N) is 3. The molecule has 0 saturated heterocycles. The van der Waals surface area contributed by atoms with Crippen molar-refractivity contribution in [3.05, 3.63) is 48.8 Å². The number of pyridine rings is 1. The first-order valence-electron chi connectivity index (χ1n) is 6.19. The molecule has 94 valence electrons. The lowest BCUT2D eigenvalue weighted by molar-refractivity contribution is -0.108. The molecule has 0 fully saturated rings. The number of benzene rings is 1. The third-order valence-electron chi connectivity index (χ3n) is 3.00. The van der Waals surface area contributed by atoms with E-state index in [4.69, 9.17) is 0 Å². The number of carbonyl (C=O) groups excluding carboxylic acids is 1. The second-order valence-electron chi connectivity index (χ2n) is 4.34. The second-order valence-corrected chi connectivity index (χ2v) is 4.34. The Morgan fingerprint density at radius 2 is 2.05 bits per heavy atom. The van der Waals surface area contributed by atoms with Crippen LogP contribution < -0.4 is 0 Å². The van der Waals surface area contributed by atoms with Crippen LogP contribution in [0.5, 0.6) is 0 Å². The molecule has 2 heterocycles. The van der Waals surface area contributed by atoms with Gasteiger partial charge in [0.05, 0.1) is 17.4 Å². The SMILES string of the molecule is O=CCCn1cc(-c2ccc3ccccc3n2)cn1. The van der Waals surface area contributed by atoms with Gasteiger partial charge in [0.1, 0.15) is 6.29 Å². The van der Waals surface area contributed by atoms with E-state index in [-0.39, 0.29) is 0 Å². The number of fused-ring (bicyclic) bond motifs is 1. The number of hydrogen-bond acceptors (Lipinski definition) is 3. The Morgan fingerprint density at radius 3 is 2.95 bits per heavy atom. The highest BCUT2D eigenvalue weighted by Gasteiger charge is 2.04. The maximum Gasteiger partial charge on any atom is 0.121 e. The topological polar surface area (TPSA) is 47.8 Å². The van der Waals surface area contributed by atoms with E-state index in [1.807, 2.05) is 36.5 Å². The molecule has 19 heavy (non-hydrogen) atoms. The van der Waals surface area contributed by atoms with E-state index in [1.54, 1.807) is 10.9 Å². The summed E-state index contributed by atoms with van der Waals surface area (Å²) in [4.78, 5) is 15.0. The molecule has 1 aromatic carbocycles. The summed E-state index contributed by atoms with van der Waals surface area (Å²) in [6.45, 7) is 0.608. The predicted octanol–water partition coefficient (Wildman–Crippen LogP) is 2.69. The predicted molar refractivity (Wildman–Crippen MR) is 73.6 cm³/mol. The van der Waals surface area contributed by atoms with Crippen LogP contribution in [-0.4, -0.2) is 21.1 Å². The summed E-state index contributed by atoms with van der Waals surface area (Å²) in [5.41, 5.74) is 2.84. The Kier molecular flexibility index (Phi) is 3.06. The molecular weight excluding hydrogens is 238 g/mol. The molecule has 0 aliphatic carbocycles. The van der Waals surface area contributed by atoms with Gasteiger partial charge in [0.2, 0.25) is 0 Å². The Balaban J connectivity index is 1.94. The van der Waals surface area contributed by atoms with Gasteiger partial charge in [-0.05, 0) is 12.1 Å². The lowest BCUT2D eigenvalue weighted by Crippen LogP contribution is -1.97. The fourth-order valence-electron chi connectivity index (χ4n) is 2.03. The molecule has 0 radical (unpaired) electrons. The van der Waals surface area contributed by atoms with Crippen LogP contribution in [0.25, 0.3) is 22.2 Å². The smallest absolute Gasteiger partial charge is 0.121 e. The molecule has 4 nitrogen and oxygen atoms in total. The van der Waals surface area contributed by atoms with Crippen LogP contribution in [0.2, 0.25) is 0 Å². The Morgan fingerprint density at radius 1 is 1.16 bits per heavy atom. The monoisotopic (exact) mass is 251 g/mol. The van der Waals surface area contributed by atoms with E-state index < -0.39 is 0 Å². The fourth-order valence-corrected chi connectivity index (χ4v) is 2.03. The van der Waals surface area contributed by atoms with E-state index in [0.717, 1.165) is 28.4 Å². The molecule has 0 bridgehead atoms. The van der Waals surface area contributed by atoms with Gasteiger partial charge >= 0.3 is 0 Å². The number of aromatic nitrogens is 3. The van der Waals surface area contributed by atoms with Crippen LogP contribution in [0.1, 0.15) is 6.42 Å². The van der Waals surface area contributed by atoms with Crippen LogP contribution in [0.15, 0.2) is 48.8 Å². The molecule has 0 amide bonds. The molecular formula is C15H13N3O. The van der Waals surface area contributed by atoms with Crippen molar-refractivity contribution < 1.29 is 4.79 Å². The highest BCUT2D eigenvalue weighted by molar-refractivity contribution is 5.81. The Bertz CT molecular complexity index is 718. The largest absolute Gasteiger partial charge is 0.303 e. The summed E-state index contributed by atoms with van der Waals surface area (Å²) in [6.07, 6.45) is 5.07. The average Bonchev–Trinajstić information content (AvgIpc) is 2.93. The van der Waals surface area contributed by atoms with Gasteiger partial charge in [-0.15, -0.1) is 0 Å². The van der Waals surface area contributed by atoms with Gasteiger partial charge in [-0.25, -0.2) is 4.98 Å². The van der Waals surface area contributed by atoms with Crippen molar-refractivity contribution in [3.8, 4) is 11.3 Å². The Labute approximate surface area is 110 Å². The van der Waals surface area contributed by atoms with Crippen LogP contribution in [0.3, 0.4) is 0 Å². The molecule has 0 spiro atoms. The van der Waals surface area contributed by atoms with Crippen LogP contribution in [0, 0.1) is 0 Å². The van der Waals surface area contributed by atoms with Crippen molar-refractivity contribution in [2.45, 2.75) is 13.0 Å². The molecule has 0 atom stereocenters. The summed E-state index contributed by atoms with van der Waals surface area (Å²) < 4.78 is 1.76. The number of aryl methyl sites for hydroxylation is 1. The maximum atomic E-state index is 10.3. The van der Waals surface area contributed by atoms with Crippen molar-refractivity contribution in [1.29, 1.82) is 0 Å². The second kappa shape index (κ2) is 5.02. The van der Waals surface area contributed by atoms with Gasteiger partial charge in [0, 0.05) is 30.1 Å². The van der Waals surface area contributed by atoms with Crippen LogP contribution >= 0.6 is 0 Å². The van der Waals surface area contributed by atoms with Crippen LogP contribution in [-0.2, 0) is 11.3 Å². The summed E-state index contributed by atoms with van der Waals surface area (Å²) in [5.74, 6) is 0. The number of hydrogen-bond donors (Lipinski definition) is 0. The first kappa shape index (κ1) is 11.6. The summed E-state index contributed by atoms with van der Waals surface area (Å²) in [5, 5.41) is 5.35. The number of para-hydroxylation sites is 1. The van der Waals surface area contributed by atoms with Crippen molar-refractivity contribution in [2.24, 2.45) is 0 Å². The van der Waals surface area contributed by atoms with Gasteiger partial charge in [-0.2, -0.15) is 5.10 Å². The van der Waals surface area contributed by atoms with E-state index in [2.05, 4.69) is 16.1 Å². The molecule has 0 unspecified atom stereocenters. The third kappa shape index (κ3) is 2.38. The van der Waals surface area contributed by atoms with Crippen molar-refractivity contribution in [3.63, 3.8) is 0 Å². The zero-order valence-corrected chi connectivity index (χ0v) is 10.4. The normalized spacial score (nSPS) is 10.7. The van der Waals surface area contributed by atoms with Crippen molar-refractivity contribution in [1.82, 2.24) is 14.8 Å². The zero-order valence-electron chi connectivity index (χ0n) is 10.4. The highest BCUT2D eigenvalue weighted by atomic mass is 16.1. The fraction of sp³-hybridized carbons (Fsp3) is 0.133. The Hall–Kier alpha value is -2.49. The molecule has 0 saturated carbocycles. The van der Waals surface area contributed by atoms with E-state index in [9.17, 15) is 4.79 Å². The maximum absolute atomic E-state index is 10.3. The first-order chi connectivity index (χ1) is 9.36. The van der Waals surface area contributed by atoms with Gasteiger partial charge in [0.25, 0.3) is 0 Å². The molecule has 0 N–H and O–H groups in total. The molecule has 3 rings (SSSR count). The third-order valence-corrected chi connectivity index (χ3v) is 3.00. The van der Waals surface area contributed by atoms with Gasteiger partial charge in [0.15, 0.2) is 0 Å². The number of aldehydes is 1. The van der Waals surface area contributed by atoms with Crippen molar-refractivity contribution in [2.75, 3.05) is 0 Å². The van der Waals surface area contributed by atoms with Gasteiger partial charge < -0.3 is 4.79 Å². The molecule has 0 aliphatic rings. The average molecular weight is 251 g/mol. The lowest BCUT2D eigenvalue weighted by atomic mass is 10.1. The summed E-state index contributed by atoms with van der Waals surface area (Å²) >= 11 is 0. The van der Waals surface area contributed by atoms with Gasteiger partial charge in [-0.3, -0.25) is 4.68 Å². The summed E-state index contributed by atoms with van der Waals surface area (Å²) in [6, 6.07) is 12.1. The number of rotatable bonds is 4. The number of carbonyl (C=O) groups is 1. The molecule has 4 heteroatoms. The van der Waals surface area contributed by atoms with Gasteiger partial charge in [-0.1, -0.05) is 24.3 Å². The van der Waals surface area contributed by atoms with Crippen molar-refractivity contribution >= 4 is 17.2 Å². The van der Waals surface area contributed by atoms with Crippen LogP contribution in [0.4, 0.5) is 0 Å². The zero-order chi connectivity index (χ0) is 13.1. The molecule has 3 aromatic rings. The standard InChI is InChI=1S/C15H13N3O/c19-9-3-8-18-11-13(10-16-18)15-7-6-12-4-1-2-5-14(12)17-15/h1-2,4-7,9-11H,3,8H2. The van der Waals surface area contributed by atoms with E-state index in [0.29, 0.717) is 13.0 Å². The minimum absolute atomic E-state index is 0.478. The first-order valence-corrected chi connectivity index (χ1v) is 6.19. The molecule has 0 aliphatic heterocycles. The minimum atomic E-state index is 0.478. The highest BCUT2D eigenvalue weighted by Crippen LogP contribution is 2.20. The molecule has 2 aromatic heterocycles. The lowest BCUT2D eigenvalue weighted by Gasteiger charge is -2.00. The summed E-state index contributed by atoms with van der Waals surface area (Å²) in [7, 11) is 0.